The first-order chi connectivity index (χ1) is 8.63. The van der Waals surface area contributed by atoms with Crippen LogP contribution in [0.3, 0.4) is 0 Å². The van der Waals surface area contributed by atoms with E-state index in [1.807, 2.05) is 6.92 Å². The van der Waals surface area contributed by atoms with Crippen LogP contribution in [-0.4, -0.2) is 25.9 Å². The predicted octanol–water partition coefficient (Wildman–Crippen LogP) is 0.218. The molecule has 2 aromatic heterocycles. The average Bonchev–Trinajstić information content (AvgIpc) is 2.94. The molecular weight excluding hydrogens is 232 g/mol. The molecule has 0 radical (unpaired) electrons. The first kappa shape index (κ1) is 12.2. The third-order valence-corrected chi connectivity index (χ3v) is 2.71. The zero-order chi connectivity index (χ0) is 13.1. The SMILES string of the molecule is CCc1nn(C)c(C(=O)NCc2ccn[nH]2)c1N. The van der Waals surface area contributed by atoms with Crippen molar-refractivity contribution in [3.8, 4) is 0 Å². The number of hydrogen-bond acceptors (Lipinski definition) is 4. The van der Waals surface area contributed by atoms with E-state index in [1.165, 1.54) is 4.68 Å². The highest BCUT2D eigenvalue weighted by Crippen LogP contribution is 2.16. The second-order valence-corrected chi connectivity index (χ2v) is 3.95. The van der Waals surface area contributed by atoms with Gasteiger partial charge in [-0.05, 0) is 12.5 Å². The molecule has 0 aliphatic heterocycles. The lowest BCUT2D eigenvalue weighted by Gasteiger charge is -2.04. The number of nitrogens with two attached hydrogens (primary N) is 1. The number of nitrogens with one attached hydrogen (secondary N) is 2. The first-order valence-corrected chi connectivity index (χ1v) is 5.71. The largest absolute Gasteiger partial charge is 0.395 e. The number of rotatable bonds is 4. The fourth-order valence-corrected chi connectivity index (χ4v) is 1.77. The summed E-state index contributed by atoms with van der Waals surface area (Å²) in [6.45, 7) is 2.33. The number of amides is 1. The Morgan fingerprint density at radius 3 is 2.94 bits per heavy atom. The smallest absolute Gasteiger partial charge is 0.272 e. The van der Waals surface area contributed by atoms with Crippen molar-refractivity contribution in [3.05, 3.63) is 29.3 Å². The Hall–Kier alpha value is -2.31. The summed E-state index contributed by atoms with van der Waals surface area (Å²) >= 11 is 0. The fourth-order valence-electron chi connectivity index (χ4n) is 1.77. The zero-order valence-electron chi connectivity index (χ0n) is 10.4. The Morgan fingerprint density at radius 1 is 1.61 bits per heavy atom. The number of anilines is 1. The summed E-state index contributed by atoms with van der Waals surface area (Å²) in [7, 11) is 1.71. The molecule has 4 N–H and O–H groups in total. The maximum Gasteiger partial charge on any atom is 0.272 e. The van der Waals surface area contributed by atoms with Gasteiger partial charge < -0.3 is 11.1 Å². The fraction of sp³-hybridized carbons (Fsp3) is 0.364. The minimum absolute atomic E-state index is 0.239. The van der Waals surface area contributed by atoms with E-state index >= 15 is 0 Å². The molecule has 18 heavy (non-hydrogen) atoms. The Morgan fingerprint density at radius 2 is 2.39 bits per heavy atom. The van der Waals surface area contributed by atoms with E-state index in [1.54, 1.807) is 19.3 Å². The minimum atomic E-state index is -0.239. The number of carbonyl (C=O) groups is 1. The van der Waals surface area contributed by atoms with Crippen LogP contribution in [0.4, 0.5) is 5.69 Å². The van der Waals surface area contributed by atoms with Crippen LogP contribution >= 0.6 is 0 Å². The summed E-state index contributed by atoms with van der Waals surface area (Å²) in [6, 6.07) is 1.80. The lowest BCUT2D eigenvalue weighted by molar-refractivity contribution is 0.0942. The molecule has 0 aliphatic carbocycles. The first-order valence-electron chi connectivity index (χ1n) is 5.71. The Bertz CT molecular complexity index is 542. The van der Waals surface area contributed by atoms with Gasteiger partial charge in [0.1, 0.15) is 5.69 Å². The van der Waals surface area contributed by atoms with E-state index in [-0.39, 0.29) is 5.91 Å². The van der Waals surface area contributed by atoms with Crippen molar-refractivity contribution >= 4 is 11.6 Å². The molecule has 2 heterocycles. The predicted molar refractivity (Wildman–Crippen MR) is 66.8 cm³/mol. The normalized spacial score (nSPS) is 10.6. The van der Waals surface area contributed by atoms with E-state index in [4.69, 9.17) is 5.73 Å². The standard InChI is InChI=1S/C11H16N6O/c1-3-8-9(12)10(17(2)16-8)11(18)13-6-7-4-5-14-15-7/h4-5H,3,6,12H2,1-2H3,(H,13,18)(H,14,15). The molecule has 7 nitrogen and oxygen atoms in total. The minimum Gasteiger partial charge on any atom is -0.395 e. The molecule has 0 aromatic carbocycles. The van der Waals surface area contributed by atoms with E-state index in [2.05, 4.69) is 20.6 Å². The van der Waals surface area contributed by atoms with Crippen LogP contribution in [0.25, 0.3) is 0 Å². The van der Waals surface area contributed by atoms with Gasteiger partial charge in [0.2, 0.25) is 0 Å². The van der Waals surface area contributed by atoms with Crippen molar-refractivity contribution in [2.45, 2.75) is 19.9 Å². The van der Waals surface area contributed by atoms with Gasteiger partial charge in [-0.25, -0.2) is 0 Å². The van der Waals surface area contributed by atoms with Gasteiger partial charge in [-0.1, -0.05) is 6.92 Å². The quantitative estimate of drug-likeness (QED) is 0.720. The van der Waals surface area contributed by atoms with Gasteiger partial charge in [0.05, 0.1) is 23.6 Å². The summed E-state index contributed by atoms with van der Waals surface area (Å²) in [4.78, 5) is 12.0. The lowest BCUT2D eigenvalue weighted by atomic mass is 10.2. The van der Waals surface area contributed by atoms with Crippen LogP contribution in [-0.2, 0) is 20.0 Å². The Kier molecular flexibility index (Phi) is 3.31. The number of nitrogens with zero attached hydrogens (tertiary/aromatic N) is 3. The average molecular weight is 248 g/mol. The molecule has 1 amide bonds. The van der Waals surface area contributed by atoms with E-state index < -0.39 is 0 Å². The zero-order valence-corrected chi connectivity index (χ0v) is 10.4. The van der Waals surface area contributed by atoms with E-state index in [0.29, 0.717) is 24.3 Å². The van der Waals surface area contributed by atoms with Crippen molar-refractivity contribution in [1.82, 2.24) is 25.3 Å². The number of aryl methyl sites for hydroxylation is 2. The van der Waals surface area contributed by atoms with Crippen molar-refractivity contribution in [1.29, 1.82) is 0 Å². The Balaban J connectivity index is 2.11. The van der Waals surface area contributed by atoms with Gasteiger partial charge in [0, 0.05) is 13.2 Å². The van der Waals surface area contributed by atoms with Crippen molar-refractivity contribution in [3.63, 3.8) is 0 Å². The molecule has 0 saturated heterocycles. The van der Waals surface area contributed by atoms with E-state index in [9.17, 15) is 4.79 Å². The van der Waals surface area contributed by atoms with Crippen LogP contribution in [0.1, 0.15) is 28.8 Å². The van der Waals surface area contributed by atoms with Crippen LogP contribution in [0.2, 0.25) is 0 Å². The molecule has 2 rings (SSSR count). The van der Waals surface area contributed by atoms with Crippen LogP contribution in [0.15, 0.2) is 12.3 Å². The molecule has 0 spiro atoms. The van der Waals surface area contributed by atoms with Crippen LogP contribution in [0.5, 0.6) is 0 Å². The van der Waals surface area contributed by atoms with Gasteiger partial charge in [0.25, 0.3) is 5.91 Å². The van der Waals surface area contributed by atoms with Gasteiger partial charge in [-0.2, -0.15) is 10.2 Å². The molecule has 0 unspecified atom stereocenters. The second kappa shape index (κ2) is 4.91. The second-order valence-electron chi connectivity index (χ2n) is 3.95. The summed E-state index contributed by atoms with van der Waals surface area (Å²) in [6.07, 6.45) is 2.34. The molecule has 0 atom stereocenters. The van der Waals surface area contributed by atoms with Crippen molar-refractivity contribution < 1.29 is 4.79 Å². The number of nitrogen functional groups attached to an aromatic ring is 1. The molecule has 0 saturated carbocycles. The highest BCUT2D eigenvalue weighted by Gasteiger charge is 2.18. The van der Waals surface area contributed by atoms with Gasteiger partial charge in [-0.3, -0.25) is 14.6 Å². The summed E-state index contributed by atoms with van der Waals surface area (Å²) in [5, 5.41) is 13.6. The highest BCUT2D eigenvalue weighted by molar-refractivity contribution is 5.97. The van der Waals surface area contributed by atoms with Gasteiger partial charge in [0.15, 0.2) is 0 Å². The molecule has 96 valence electrons. The van der Waals surface area contributed by atoms with Gasteiger partial charge >= 0.3 is 0 Å². The monoisotopic (exact) mass is 248 g/mol. The lowest BCUT2D eigenvalue weighted by Crippen LogP contribution is -2.26. The third kappa shape index (κ3) is 2.20. The molecule has 0 fully saturated rings. The maximum absolute atomic E-state index is 12.0. The summed E-state index contributed by atoms with van der Waals surface area (Å²) < 4.78 is 1.51. The van der Waals surface area contributed by atoms with Crippen molar-refractivity contribution in [2.24, 2.45) is 7.05 Å². The van der Waals surface area contributed by atoms with E-state index in [0.717, 1.165) is 11.4 Å². The maximum atomic E-state index is 12.0. The number of carbonyl (C=O) groups excluding carboxylic acids is 1. The van der Waals surface area contributed by atoms with Gasteiger partial charge in [-0.15, -0.1) is 0 Å². The Labute approximate surface area is 104 Å². The molecule has 2 aromatic rings. The number of aromatic nitrogens is 4. The molecule has 0 aliphatic rings. The number of aromatic amines is 1. The molecule has 7 heteroatoms. The third-order valence-electron chi connectivity index (χ3n) is 2.71. The molecule has 0 bridgehead atoms. The number of H-pyrrole nitrogens is 1. The summed E-state index contributed by atoms with van der Waals surface area (Å²) in [5.74, 6) is -0.239. The van der Waals surface area contributed by atoms with Crippen LogP contribution in [0, 0.1) is 0 Å². The summed E-state index contributed by atoms with van der Waals surface area (Å²) in [5.41, 5.74) is 8.31. The van der Waals surface area contributed by atoms with Crippen LogP contribution < -0.4 is 11.1 Å². The molecular formula is C11H16N6O. The number of hydrogen-bond donors (Lipinski definition) is 3. The van der Waals surface area contributed by atoms with Crippen molar-refractivity contribution in [2.75, 3.05) is 5.73 Å². The topological polar surface area (TPSA) is 102 Å². The highest BCUT2D eigenvalue weighted by atomic mass is 16.2.